The first kappa shape index (κ1) is 13.9. The summed E-state index contributed by atoms with van der Waals surface area (Å²) in [4.78, 5) is 2.21. The van der Waals surface area contributed by atoms with Crippen molar-refractivity contribution in [1.82, 2.24) is 4.90 Å². The molecule has 3 nitrogen and oxygen atoms in total. The van der Waals surface area contributed by atoms with E-state index < -0.39 is 0 Å². The zero-order valence-corrected chi connectivity index (χ0v) is 10.7. The Morgan fingerprint density at radius 2 is 2.00 bits per heavy atom. The summed E-state index contributed by atoms with van der Waals surface area (Å²) in [6.07, 6.45) is 0. The molecule has 1 aromatic rings. The van der Waals surface area contributed by atoms with Gasteiger partial charge in [0.2, 0.25) is 0 Å². The average Bonchev–Trinajstić information content (AvgIpc) is 2.35. The molecule has 0 aromatic heterocycles. The Morgan fingerprint density at radius 1 is 1.35 bits per heavy atom. The molecule has 1 rings (SSSR count). The maximum Gasteiger partial charge on any atom is 0.165 e. The molecule has 0 saturated heterocycles. The lowest BCUT2D eigenvalue weighted by Gasteiger charge is -2.29. The number of likely N-dealkylation sites (N-methyl/N-ethyl adjacent to an activating group) is 1. The molecule has 0 bridgehead atoms. The summed E-state index contributed by atoms with van der Waals surface area (Å²) in [5.41, 5.74) is 6.68. The summed E-state index contributed by atoms with van der Waals surface area (Å²) >= 11 is 0. The van der Waals surface area contributed by atoms with Gasteiger partial charge in [-0.25, -0.2) is 4.39 Å². The van der Waals surface area contributed by atoms with Crippen LogP contribution in [0, 0.1) is 5.82 Å². The molecule has 0 saturated carbocycles. The molecular formula is C13H21FN2O. The SMILES string of the molecule is CCN(CC)C(CN)c1ccc(OC)c(F)c1. The summed E-state index contributed by atoms with van der Waals surface area (Å²) in [7, 11) is 1.46. The van der Waals surface area contributed by atoms with E-state index in [1.165, 1.54) is 13.2 Å². The van der Waals surface area contributed by atoms with E-state index in [1.54, 1.807) is 6.07 Å². The van der Waals surface area contributed by atoms with Gasteiger partial charge >= 0.3 is 0 Å². The summed E-state index contributed by atoms with van der Waals surface area (Å²) in [6.45, 7) is 6.42. The van der Waals surface area contributed by atoms with Gasteiger partial charge in [0, 0.05) is 12.6 Å². The minimum atomic E-state index is -0.337. The highest BCUT2D eigenvalue weighted by atomic mass is 19.1. The lowest BCUT2D eigenvalue weighted by molar-refractivity contribution is 0.223. The number of ether oxygens (including phenoxy) is 1. The van der Waals surface area contributed by atoms with Crippen LogP contribution in [0.4, 0.5) is 4.39 Å². The first-order chi connectivity index (χ1) is 8.17. The van der Waals surface area contributed by atoms with Crippen LogP contribution in [0.1, 0.15) is 25.5 Å². The number of halogens is 1. The number of nitrogens with zero attached hydrogens (tertiary/aromatic N) is 1. The van der Waals surface area contributed by atoms with E-state index in [2.05, 4.69) is 18.7 Å². The number of hydrogen-bond acceptors (Lipinski definition) is 3. The fourth-order valence-corrected chi connectivity index (χ4v) is 2.05. The van der Waals surface area contributed by atoms with Gasteiger partial charge in [0.15, 0.2) is 11.6 Å². The average molecular weight is 240 g/mol. The van der Waals surface area contributed by atoms with Gasteiger partial charge in [-0.3, -0.25) is 4.90 Å². The number of rotatable bonds is 6. The second kappa shape index (κ2) is 6.57. The van der Waals surface area contributed by atoms with Crippen molar-refractivity contribution in [2.24, 2.45) is 5.73 Å². The van der Waals surface area contributed by atoms with Crippen LogP contribution in [0.3, 0.4) is 0 Å². The molecule has 96 valence electrons. The highest BCUT2D eigenvalue weighted by molar-refractivity contribution is 5.31. The van der Waals surface area contributed by atoms with E-state index in [9.17, 15) is 4.39 Å². The fourth-order valence-electron chi connectivity index (χ4n) is 2.05. The van der Waals surface area contributed by atoms with E-state index in [0.29, 0.717) is 6.54 Å². The van der Waals surface area contributed by atoms with Crippen LogP contribution in [0.5, 0.6) is 5.75 Å². The molecule has 1 aromatic carbocycles. The predicted molar refractivity (Wildman–Crippen MR) is 67.7 cm³/mol. The number of methoxy groups -OCH3 is 1. The molecule has 4 heteroatoms. The van der Waals surface area contributed by atoms with Crippen molar-refractivity contribution >= 4 is 0 Å². The fraction of sp³-hybridized carbons (Fsp3) is 0.538. The second-order valence-corrected chi connectivity index (χ2v) is 3.87. The molecule has 0 aliphatic heterocycles. The van der Waals surface area contributed by atoms with Gasteiger partial charge in [-0.1, -0.05) is 19.9 Å². The Bertz CT molecular complexity index is 353. The van der Waals surface area contributed by atoms with Gasteiger partial charge < -0.3 is 10.5 Å². The van der Waals surface area contributed by atoms with Gasteiger partial charge in [0.1, 0.15) is 0 Å². The van der Waals surface area contributed by atoms with Gasteiger partial charge in [-0.2, -0.15) is 0 Å². The minimum absolute atomic E-state index is 0.0606. The molecule has 1 atom stereocenters. The standard InChI is InChI=1S/C13H21FN2O/c1-4-16(5-2)12(9-15)10-6-7-13(17-3)11(14)8-10/h6-8,12H,4-5,9,15H2,1-3H3. The smallest absolute Gasteiger partial charge is 0.165 e. The molecule has 17 heavy (non-hydrogen) atoms. The van der Waals surface area contributed by atoms with Crippen molar-refractivity contribution in [2.45, 2.75) is 19.9 Å². The zero-order valence-electron chi connectivity index (χ0n) is 10.7. The van der Waals surface area contributed by atoms with E-state index in [4.69, 9.17) is 10.5 Å². The molecule has 0 fully saturated rings. The molecule has 0 spiro atoms. The second-order valence-electron chi connectivity index (χ2n) is 3.87. The molecule has 2 N–H and O–H groups in total. The first-order valence-corrected chi connectivity index (χ1v) is 5.95. The van der Waals surface area contributed by atoms with Crippen molar-refractivity contribution < 1.29 is 9.13 Å². The Morgan fingerprint density at radius 3 is 2.41 bits per heavy atom. The predicted octanol–water partition coefficient (Wildman–Crippen LogP) is 2.18. The highest BCUT2D eigenvalue weighted by Crippen LogP contribution is 2.24. The molecule has 0 amide bonds. The van der Waals surface area contributed by atoms with E-state index in [1.807, 2.05) is 6.07 Å². The molecule has 0 aliphatic carbocycles. The zero-order chi connectivity index (χ0) is 12.8. The summed E-state index contributed by atoms with van der Waals surface area (Å²) in [6, 6.07) is 5.09. The quantitative estimate of drug-likeness (QED) is 0.828. The third-order valence-electron chi connectivity index (χ3n) is 3.04. The Balaban J connectivity index is 3.00. The van der Waals surface area contributed by atoms with Crippen molar-refractivity contribution in [1.29, 1.82) is 0 Å². The summed E-state index contributed by atoms with van der Waals surface area (Å²) in [5.74, 6) is -0.0697. The van der Waals surface area contributed by atoms with Gasteiger partial charge in [0.25, 0.3) is 0 Å². The van der Waals surface area contributed by atoms with Crippen molar-refractivity contribution in [3.8, 4) is 5.75 Å². The van der Waals surface area contributed by atoms with E-state index in [0.717, 1.165) is 18.7 Å². The molecular weight excluding hydrogens is 219 g/mol. The monoisotopic (exact) mass is 240 g/mol. The van der Waals surface area contributed by atoms with Crippen LogP contribution in [-0.2, 0) is 0 Å². The maximum absolute atomic E-state index is 13.6. The third kappa shape index (κ3) is 3.17. The van der Waals surface area contributed by atoms with Gasteiger partial charge in [0.05, 0.1) is 7.11 Å². The third-order valence-corrected chi connectivity index (χ3v) is 3.04. The number of benzene rings is 1. The highest BCUT2D eigenvalue weighted by Gasteiger charge is 2.17. The van der Waals surface area contributed by atoms with Crippen molar-refractivity contribution in [3.05, 3.63) is 29.6 Å². The van der Waals surface area contributed by atoms with E-state index in [-0.39, 0.29) is 17.6 Å². The van der Waals surface area contributed by atoms with Crippen molar-refractivity contribution in [3.63, 3.8) is 0 Å². The summed E-state index contributed by atoms with van der Waals surface area (Å²) in [5, 5.41) is 0. The largest absolute Gasteiger partial charge is 0.494 e. The lowest BCUT2D eigenvalue weighted by Crippen LogP contribution is -2.33. The first-order valence-electron chi connectivity index (χ1n) is 5.95. The van der Waals surface area contributed by atoms with Crippen LogP contribution in [0.2, 0.25) is 0 Å². The normalized spacial score (nSPS) is 12.8. The van der Waals surface area contributed by atoms with Crippen LogP contribution in [-0.4, -0.2) is 31.6 Å². The Kier molecular flexibility index (Phi) is 5.38. The maximum atomic E-state index is 13.6. The summed E-state index contributed by atoms with van der Waals surface area (Å²) < 4.78 is 18.5. The van der Waals surface area contributed by atoms with Crippen LogP contribution < -0.4 is 10.5 Å². The van der Waals surface area contributed by atoms with Gasteiger partial charge in [-0.05, 0) is 30.8 Å². The molecule has 0 radical (unpaired) electrons. The molecule has 0 heterocycles. The molecule has 1 unspecified atom stereocenters. The topological polar surface area (TPSA) is 38.5 Å². The van der Waals surface area contributed by atoms with Crippen LogP contribution in [0.25, 0.3) is 0 Å². The van der Waals surface area contributed by atoms with Crippen molar-refractivity contribution in [2.75, 3.05) is 26.7 Å². The van der Waals surface area contributed by atoms with Gasteiger partial charge in [-0.15, -0.1) is 0 Å². The Hall–Kier alpha value is -1.13. The van der Waals surface area contributed by atoms with Crippen LogP contribution >= 0.6 is 0 Å². The minimum Gasteiger partial charge on any atom is -0.494 e. The number of nitrogens with two attached hydrogens (primary N) is 1. The number of hydrogen-bond donors (Lipinski definition) is 1. The van der Waals surface area contributed by atoms with Crippen LogP contribution in [0.15, 0.2) is 18.2 Å². The lowest BCUT2D eigenvalue weighted by atomic mass is 10.0. The van der Waals surface area contributed by atoms with E-state index >= 15 is 0 Å². The Labute approximate surface area is 102 Å². The molecule has 0 aliphatic rings.